The van der Waals surface area contributed by atoms with Crippen LogP contribution in [0.1, 0.15) is 0 Å². The molecule has 0 atom stereocenters. The topological polar surface area (TPSA) is 95.1 Å². The fraction of sp³-hybridized carbons (Fsp3) is 0.200. The summed E-state index contributed by atoms with van der Waals surface area (Å²) in [5, 5.41) is 5.34. The SMILES string of the molecule is NS(=O)(=O)CCn1cnc2ccccc2c1=O. The highest BCUT2D eigenvalue weighted by molar-refractivity contribution is 7.89. The minimum Gasteiger partial charge on any atom is -0.298 e. The molecule has 7 heteroatoms. The average molecular weight is 253 g/mol. The van der Waals surface area contributed by atoms with Crippen molar-refractivity contribution in [2.24, 2.45) is 5.14 Å². The summed E-state index contributed by atoms with van der Waals surface area (Å²) in [5.74, 6) is -0.285. The van der Waals surface area contributed by atoms with Gasteiger partial charge in [-0.2, -0.15) is 0 Å². The van der Waals surface area contributed by atoms with Crippen LogP contribution < -0.4 is 10.7 Å². The zero-order chi connectivity index (χ0) is 12.5. The van der Waals surface area contributed by atoms with E-state index in [1.807, 2.05) is 0 Å². The van der Waals surface area contributed by atoms with E-state index in [-0.39, 0.29) is 17.9 Å². The molecule has 0 aliphatic rings. The first-order valence-electron chi connectivity index (χ1n) is 4.92. The van der Waals surface area contributed by atoms with Crippen molar-refractivity contribution in [1.82, 2.24) is 9.55 Å². The van der Waals surface area contributed by atoms with Gasteiger partial charge in [0.15, 0.2) is 0 Å². The highest BCUT2D eigenvalue weighted by Gasteiger charge is 2.06. The summed E-state index contributed by atoms with van der Waals surface area (Å²) in [4.78, 5) is 16.0. The molecular formula is C10H11N3O3S. The third kappa shape index (κ3) is 2.69. The summed E-state index contributed by atoms with van der Waals surface area (Å²) < 4.78 is 22.9. The van der Waals surface area contributed by atoms with Crippen LogP contribution in [-0.4, -0.2) is 23.7 Å². The van der Waals surface area contributed by atoms with Crippen molar-refractivity contribution in [3.05, 3.63) is 40.9 Å². The van der Waals surface area contributed by atoms with Gasteiger partial charge < -0.3 is 0 Å². The molecule has 0 saturated carbocycles. The standard InChI is InChI=1S/C10H11N3O3S/c11-17(15,16)6-5-13-7-12-9-4-2-1-3-8(9)10(13)14/h1-4,7H,5-6H2,(H2,11,15,16). The number of nitrogens with zero attached hydrogens (tertiary/aromatic N) is 2. The van der Waals surface area contributed by atoms with Crippen LogP contribution >= 0.6 is 0 Å². The number of nitrogens with two attached hydrogens (primary N) is 1. The Hall–Kier alpha value is -1.73. The van der Waals surface area contributed by atoms with Gasteiger partial charge in [0.1, 0.15) is 0 Å². The third-order valence-corrected chi connectivity index (χ3v) is 3.10. The molecular weight excluding hydrogens is 242 g/mol. The van der Waals surface area contributed by atoms with E-state index < -0.39 is 10.0 Å². The lowest BCUT2D eigenvalue weighted by molar-refractivity contribution is 0.588. The first-order chi connectivity index (χ1) is 7.97. The lowest BCUT2D eigenvalue weighted by Crippen LogP contribution is -2.27. The Balaban J connectivity index is 2.43. The van der Waals surface area contributed by atoms with Crippen LogP contribution in [0.15, 0.2) is 35.4 Å². The summed E-state index contributed by atoms with van der Waals surface area (Å²) >= 11 is 0. The van der Waals surface area contributed by atoms with Gasteiger partial charge in [-0.3, -0.25) is 9.36 Å². The summed E-state index contributed by atoms with van der Waals surface area (Å²) in [6.45, 7) is 0.00943. The van der Waals surface area contributed by atoms with Crippen LogP contribution in [0, 0.1) is 0 Å². The van der Waals surface area contributed by atoms with Gasteiger partial charge in [0.25, 0.3) is 5.56 Å². The Labute approximate surface area is 97.8 Å². The molecule has 1 aromatic heterocycles. The van der Waals surface area contributed by atoms with E-state index in [4.69, 9.17) is 5.14 Å². The molecule has 0 saturated heterocycles. The third-order valence-electron chi connectivity index (χ3n) is 2.35. The highest BCUT2D eigenvalue weighted by Crippen LogP contribution is 2.04. The van der Waals surface area contributed by atoms with E-state index >= 15 is 0 Å². The van der Waals surface area contributed by atoms with E-state index in [1.54, 1.807) is 24.3 Å². The fourth-order valence-electron chi connectivity index (χ4n) is 1.49. The van der Waals surface area contributed by atoms with E-state index in [2.05, 4.69) is 4.98 Å². The molecule has 0 unspecified atom stereocenters. The summed E-state index contributed by atoms with van der Waals surface area (Å²) in [5.41, 5.74) is 0.323. The summed E-state index contributed by atoms with van der Waals surface area (Å²) in [6.07, 6.45) is 1.33. The maximum Gasteiger partial charge on any atom is 0.261 e. The van der Waals surface area contributed by atoms with E-state index in [1.165, 1.54) is 10.9 Å². The molecule has 2 rings (SSSR count). The summed E-state index contributed by atoms with van der Waals surface area (Å²) in [6, 6.07) is 6.89. The molecule has 1 aromatic carbocycles. The Morgan fingerprint density at radius 3 is 2.71 bits per heavy atom. The predicted molar refractivity (Wildman–Crippen MR) is 64.0 cm³/mol. The highest BCUT2D eigenvalue weighted by atomic mass is 32.2. The monoisotopic (exact) mass is 253 g/mol. The van der Waals surface area contributed by atoms with Crippen LogP contribution in [-0.2, 0) is 16.6 Å². The van der Waals surface area contributed by atoms with Crippen molar-refractivity contribution < 1.29 is 8.42 Å². The molecule has 0 amide bonds. The number of sulfonamides is 1. The van der Waals surface area contributed by atoms with Crippen LogP contribution in [0.2, 0.25) is 0 Å². The second-order valence-corrected chi connectivity index (χ2v) is 5.36. The van der Waals surface area contributed by atoms with Crippen molar-refractivity contribution in [3.63, 3.8) is 0 Å². The van der Waals surface area contributed by atoms with E-state index in [9.17, 15) is 13.2 Å². The quantitative estimate of drug-likeness (QED) is 0.811. The lowest BCUT2D eigenvalue weighted by atomic mass is 10.2. The van der Waals surface area contributed by atoms with Crippen molar-refractivity contribution in [2.45, 2.75) is 6.54 Å². The van der Waals surface area contributed by atoms with Crippen LogP contribution in [0.25, 0.3) is 10.9 Å². The maximum atomic E-state index is 11.9. The van der Waals surface area contributed by atoms with Crippen LogP contribution in [0.5, 0.6) is 0 Å². The first-order valence-corrected chi connectivity index (χ1v) is 6.63. The summed E-state index contributed by atoms with van der Waals surface area (Å²) in [7, 11) is -3.58. The Kier molecular flexibility index (Phi) is 2.95. The maximum absolute atomic E-state index is 11.9. The van der Waals surface area contributed by atoms with E-state index in [0.717, 1.165) is 0 Å². The van der Waals surface area contributed by atoms with Gasteiger partial charge in [-0.1, -0.05) is 12.1 Å². The molecule has 0 aliphatic heterocycles. The Morgan fingerprint density at radius 1 is 1.29 bits per heavy atom. The zero-order valence-corrected chi connectivity index (χ0v) is 9.72. The van der Waals surface area contributed by atoms with Gasteiger partial charge in [0.05, 0.1) is 23.0 Å². The minimum atomic E-state index is -3.58. The molecule has 17 heavy (non-hydrogen) atoms. The van der Waals surface area contributed by atoms with Gasteiger partial charge in [-0.25, -0.2) is 18.5 Å². The molecule has 0 spiro atoms. The number of fused-ring (bicyclic) bond motifs is 1. The zero-order valence-electron chi connectivity index (χ0n) is 8.91. The second-order valence-electron chi connectivity index (χ2n) is 3.63. The Morgan fingerprint density at radius 2 is 2.00 bits per heavy atom. The molecule has 0 fully saturated rings. The predicted octanol–water partition coefficient (Wildman–Crippen LogP) is -0.315. The molecule has 0 radical (unpaired) electrons. The van der Waals surface area contributed by atoms with Crippen molar-refractivity contribution >= 4 is 20.9 Å². The number of para-hydroxylation sites is 1. The minimum absolute atomic E-state index is 0.00943. The lowest BCUT2D eigenvalue weighted by Gasteiger charge is -2.05. The molecule has 2 N–H and O–H groups in total. The van der Waals surface area contributed by atoms with Crippen molar-refractivity contribution in [2.75, 3.05) is 5.75 Å². The van der Waals surface area contributed by atoms with Gasteiger partial charge >= 0.3 is 0 Å². The van der Waals surface area contributed by atoms with Gasteiger partial charge in [0, 0.05) is 6.54 Å². The number of hydrogen-bond acceptors (Lipinski definition) is 4. The van der Waals surface area contributed by atoms with Crippen LogP contribution in [0.3, 0.4) is 0 Å². The van der Waals surface area contributed by atoms with Crippen molar-refractivity contribution in [1.29, 1.82) is 0 Å². The van der Waals surface area contributed by atoms with Gasteiger partial charge in [-0.05, 0) is 12.1 Å². The molecule has 90 valence electrons. The average Bonchev–Trinajstić information content (AvgIpc) is 2.27. The molecule has 0 bridgehead atoms. The molecule has 2 aromatic rings. The first kappa shape index (κ1) is 11.7. The van der Waals surface area contributed by atoms with Crippen LogP contribution in [0.4, 0.5) is 0 Å². The smallest absolute Gasteiger partial charge is 0.261 e. The molecule has 1 heterocycles. The Bertz CT molecular complexity index is 706. The number of primary sulfonamides is 1. The second kappa shape index (κ2) is 4.27. The molecule has 0 aliphatic carbocycles. The van der Waals surface area contributed by atoms with Gasteiger partial charge in [0.2, 0.25) is 10.0 Å². The number of benzene rings is 1. The largest absolute Gasteiger partial charge is 0.298 e. The normalized spacial score (nSPS) is 11.8. The van der Waals surface area contributed by atoms with Crippen molar-refractivity contribution in [3.8, 4) is 0 Å². The fourth-order valence-corrected chi connectivity index (χ4v) is 1.94. The number of aromatic nitrogens is 2. The number of aryl methyl sites for hydroxylation is 1. The number of rotatable bonds is 3. The molecule has 6 nitrogen and oxygen atoms in total. The van der Waals surface area contributed by atoms with Gasteiger partial charge in [-0.15, -0.1) is 0 Å². The van der Waals surface area contributed by atoms with E-state index in [0.29, 0.717) is 10.9 Å². The number of hydrogen-bond donors (Lipinski definition) is 1.